The normalized spacial score (nSPS) is 18.8. The number of aryl methyl sites for hydroxylation is 1. The van der Waals surface area contributed by atoms with Gasteiger partial charge in [-0.3, -0.25) is 9.69 Å². The first kappa shape index (κ1) is 32.3. The summed E-state index contributed by atoms with van der Waals surface area (Å²) >= 11 is 0. The molecule has 0 spiro atoms. The van der Waals surface area contributed by atoms with E-state index in [1.165, 1.54) is 28.1 Å². The molecule has 1 atom stereocenters. The molecule has 3 aliphatic heterocycles. The van der Waals surface area contributed by atoms with E-state index in [1.54, 1.807) is 12.0 Å². The van der Waals surface area contributed by atoms with Gasteiger partial charge in [0.1, 0.15) is 18.2 Å². The van der Waals surface area contributed by atoms with Crippen LogP contribution in [0.25, 0.3) is 10.8 Å². The number of ether oxygens (including phenoxy) is 2. The Hall–Kier alpha value is -4.64. The summed E-state index contributed by atoms with van der Waals surface area (Å²) in [7, 11) is 1.77. The van der Waals surface area contributed by atoms with Crippen LogP contribution >= 0.6 is 0 Å². The summed E-state index contributed by atoms with van der Waals surface area (Å²) in [5.41, 5.74) is 5.60. The lowest BCUT2D eigenvalue weighted by Gasteiger charge is -2.43. The molecule has 47 heavy (non-hydrogen) atoms. The molecule has 2 saturated heterocycles. The highest BCUT2D eigenvalue weighted by molar-refractivity contribution is 5.97. The molecule has 6 rings (SSSR count). The van der Waals surface area contributed by atoms with E-state index in [4.69, 9.17) is 14.5 Å². The third-order valence-corrected chi connectivity index (χ3v) is 9.94. The van der Waals surface area contributed by atoms with Gasteiger partial charge in [-0.05, 0) is 49.3 Å². The maximum absolute atomic E-state index is 12.7. The molecule has 0 bridgehead atoms. The number of fused-ring (bicyclic) bond motifs is 2. The Labute approximate surface area is 277 Å². The fourth-order valence-electron chi connectivity index (χ4n) is 7.45. The first-order chi connectivity index (χ1) is 22.9. The third kappa shape index (κ3) is 6.62. The monoisotopic (exact) mass is 633 g/mol. The molecule has 10 nitrogen and oxygen atoms in total. The van der Waals surface area contributed by atoms with Gasteiger partial charge in [-0.25, -0.2) is 4.98 Å². The number of nitriles is 2. The van der Waals surface area contributed by atoms with Crippen molar-refractivity contribution in [3.05, 3.63) is 71.4 Å². The van der Waals surface area contributed by atoms with Crippen LogP contribution < -0.4 is 14.5 Å². The Balaban J connectivity index is 1.34. The van der Waals surface area contributed by atoms with E-state index in [1.807, 2.05) is 0 Å². The van der Waals surface area contributed by atoms with Crippen LogP contribution in [0, 0.1) is 29.6 Å². The molecule has 3 aliphatic rings. The van der Waals surface area contributed by atoms with Crippen LogP contribution in [0.5, 0.6) is 5.88 Å². The number of amides is 1. The van der Waals surface area contributed by atoms with Gasteiger partial charge in [-0.2, -0.15) is 10.5 Å². The minimum Gasteiger partial charge on any atom is -0.475 e. The predicted molar refractivity (Wildman–Crippen MR) is 182 cm³/mol. The van der Waals surface area contributed by atoms with Gasteiger partial charge in [-0.1, -0.05) is 36.9 Å². The van der Waals surface area contributed by atoms with Gasteiger partial charge in [0.05, 0.1) is 42.6 Å². The average Bonchev–Trinajstić information content (AvgIpc) is 3.10. The number of hydrogen-bond donors (Lipinski definition) is 0. The molecule has 0 aliphatic carbocycles. The van der Waals surface area contributed by atoms with E-state index in [-0.39, 0.29) is 18.4 Å². The van der Waals surface area contributed by atoms with Crippen molar-refractivity contribution >= 4 is 28.1 Å². The van der Waals surface area contributed by atoms with Crippen LogP contribution in [0.1, 0.15) is 41.6 Å². The maximum atomic E-state index is 12.7. The Kier molecular flexibility index (Phi) is 9.91. The summed E-state index contributed by atoms with van der Waals surface area (Å²) < 4.78 is 11.9. The van der Waals surface area contributed by atoms with Crippen LogP contribution in [0.4, 0.5) is 11.4 Å². The fourth-order valence-corrected chi connectivity index (χ4v) is 7.45. The Morgan fingerprint density at radius 2 is 1.87 bits per heavy atom. The highest BCUT2D eigenvalue weighted by atomic mass is 16.5. The first-order valence-electron chi connectivity index (χ1n) is 16.6. The zero-order chi connectivity index (χ0) is 32.9. The second-order valence-electron chi connectivity index (χ2n) is 12.6. The number of benzene rings is 2. The number of hydrogen-bond acceptors (Lipinski definition) is 9. The van der Waals surface area contributed by atoms with Gasteiger partial charge < -0.3 is 24.2 Å². The first-order valence-corrected chi connectivity index (χ1v) is 16.6. The van der Waals surface area contributed by atoms with Crippen molar-refractivity contribution in [1.29, 1.82) is 10.5 Å². The van der Waals surface area contributed by atoms with Gasteiger partial charge in [0.25, 0.3) is 0 Å². The summed E-state index contributed by atoms with van der Waals surface area (Å²) in [6, 6.07) is 17.2. The molecule has 1 amide bonds. The second kappa shape index (κ2) is 14.4. The number of nitrogens with zero attached hydrogens (tertiary/aromatic N) is 7. The minimum atomic E-state index is -0.312. The van der Waals surface area contributed by atoms with Crippen molar-refractivity contribution in [2.45, 2.75) is 51.3 Å². The summed E-state index contributed by atoms with van der Waals surface area (Å²) in [5, 5.41) is 22.7. The van der Waals surface area contributed by atoms with Gasteiger partial charge >= 0.3 is 0 Å². The highest BCUT2D eigenvalue weighted by Crippen LogP contribution is 2.40. The number of anilines is 2. The van der Waals surface area contributed by atoms with Crippen molar-refractivity contribution in [1.82, 2.24) is 14.8 Å². The zero-order valence-electron chi connectivity index (χ0n) is 27.5. The Morgan fingerprint density at radius 3 is 2.60 bits per heavy atom. The maximum Gasteiger partial charge on any atom is 0.246 e. The average molecular weight is 634 g/mol. The minimum absolute atomic E-state index is 0.179. The van der Waals surface area contributed by atoms with E-state index < -0.39 is 0 Å². The number of pyridine rings is 1. The molecule has 2 aromatic carbocycles. The lowest BCUT2D eigenvalue weighted by atomic mass is 9.95. The third-order valence-electron chi connectivity index (χ3n) is 9.94. The van der Waals surface area contributed by atoms with E-state index in [0.717, 1.165) is 56.0 Å². The lowest BCUT2D eigenvalue weighted by Crippen LogP contribution is -2.55. The summed E-state index contributed by atoms with van der Waals surface area (Å²) in [6.07, 6.45) is 4.51. The standard InChI is InChI=1S/C37H43N7O3/c1-4-34(45)44-20-19-43(24-28(44)11-15-38)36-30-14-18-42(33-10-6-9-27-8-5-7-26(2)35(27)33)25-32(30)40-37(31(36)23-39)47-22-21-41-16-12-29(46-3)13-17-41/h4-10,28-29H,1,11-14,16-22,24-25H2,2-3H3. The number of carbonyl (C=O) groups is 1. The van der Waals surface area contributed by atoms with Crippen LogP contribution in [0.2, 0.25) is 0 Å². The summed E-state index contributed by atoms with van der Waals surface area (Å²) in [4.78, 5) is 26.4. The van der Waals surface area contributed by atoms with Crippen LogP contribution in [0.15, 0.2) is 49.1 Å². The SMILES string of the molecule is C=CC(=O)N1CCN(c2c(C#N)c(OCCN3CCC(OC)CC3)nc3c2CCN(c2cccc4cccc(C)c24)C3)CC1CC#N. The molecule has 1 unspecified atom stereocenters. The number of methoxy groups -OCH3 is 1. The lowest BCUT2D eigenvalue weighted by molar-refractivity contribution is -0.128. The van der Waals surface area contributed by atoms with Gasteiger partial charge in [0, 0.05) is 69.6 Å². The quantitative estimate of drug-likeness (QED) is 0.313. The van der Waals surface area contributed by atoms with Crippen LogP contribution in [0.3, 0.4) is 0 Å². The summed E-state index contributed by atoms with van der Waals surface area (Å²) in [5.74, 6) is 0.173. The van der Waals surface area contributed by atoms with Crippen molar-refractivity contribution in [3.63, 3.8) is 0 Å². The number of carbonyl (C=O) groups excluding carboxylic acids is 1. The van der Waals surface area contributed by atoms with Crippen molar-refractivity contribution in [3.8, 4) is 18.0 Å². The molecule has 4 heterocycles. The molecule has 0 radical (unpaired) electrons. The van der Waals surface area contributed by atoms with E-state index in [2.05, 4.69) is 76.7 Å². The van der Waals surface area contributed by atoms with Crippen molar-refractivity contribution in [2.24, 2.45) is 0 Å². The van der Waals surface area contributed by atoms with Crippen molar-refractivity contribution < 1.29 is 14.3 Å². The fraction of sp³-hybridized carbons (Fsp3) is 0.459. The van der Waals surface area contributed by atoms with Crippen LogP contribution in [-0.2, 0) is 22.5 Å². The molecular weight excluding hydrogens is 590 g/mol. The Bertz CT molecular complexity index is 1710. The molecule has 0 saturated carbocycles. The number of aromatic nitrogens is 1. The number of rotatable bonds is 9. The predicted octanol–water partition coefficient (Wildman–Crippen LogP) is 4.58. The van der Waals surface area contributed by atoms with Gasteiger partial charge in [0.15, 0.2) is 0 Å². The van der Waals surface area contributed by atoms with Crippen LogP contribution in [-0.4, -0.2) is 92.4 Å². The van der Waals surface area contributed by atoms with Gasteiger partial charge in [0.2, 0.25) is 11.8 Å². The highest BCUT2D eigenvalue weighted by Gasteiger charge is 2.35. The number of piperazine rings is 1. The topological polar surface area (TPSA) is 109 Å². The summed E-state index contributed by atoms with van der Waals surface area (Å²) in [6.45, 7) is 11.6. The number of piperidine rings is 1. The second-order valence-corrected chi connectivity index (χ2v) is 12.6. The smallest absolute Gasteiger partial charge is 0.246 e. The zero-order valence-corrected chi connectivity index (χ0v) is 27.5. The van der Waals surface area contributed by atoms with E-state index in [0.29, 0.717) is 56.8 Å². The Morgan fingerprint density at radius 1 is 1.09 bits per heavy atom. The molecule has 1 aromatic heterocycles. The molecule has 3 aromatic rings. The number of likely N-dealkylation sites (tertiary alicyclic amines) is 1. The van der Waals surface area contributed by atoms with E-state index >= 15 is 0 Å². The molecule has 2 fully saturated rings. The van der Waals surface area contributed by atoms with Gasteiger partial charge in [-0.15, -0.1) is 0 Å². The molecule has 0 N–H and O–H groups in total. The van der Waals surface area contributed by atoms with Crippen molar-refractivity contribution in [2.75, 3.05) is 69.3 Å². The molecule has 10 heteroatoms. The largest absolute Gasteiger partial charge is 0.475 e. The molecular formula is C37H43N7O3. The van der Waals surface area contributed by atoms with E-state index in [9.17, 15) is 15.3 Å². The molecule has 244 valence electrons.